The van der Waals surface area contributed by atoms with Gasteiger partial charge in [0.25, 0.3) is 0 Å². The van der Waals surface area contributed by atoms with E-state index in [-0.39, 0.29) is 12.6 Å². The molecule has 0 bridgehead atoms. The molecule has 0 unspecified atom stereocenters. The van der Waals surface area contributed by atoms with Gasteiger partial charge in [0, 0.05) is 10.5 Å². The summed E-state index contributed by atoms with van der Waals surface area (Å²) in [4.78, 5) is 0.312. The zero-order chi connectivity index (χ0) is 15.0. The average molecular weight is 370 g/mol. The van der Waals surface area contributed by atoms with Gasteiger partial charge < -0.3 is 4.42 Å². The van der Waals surface area contributed by atoms with E-state index in [0.29, 0.717) is 15.1 Å². The number of furan rings is 1. The maximum Gasteiger partial charge on any atom is 0.244 e. The molecule has 1 heterocycles. The van der Waals surface area contributed by atoms with Crippen molar-refractivity contribution in [3.8, 4) is 0 Å². The second-order valence-corrected chi connectivity index (χ2v) is 8.01. The minimum Gasteiger partial charge on any atom is -0.468 e. The van der Waals surface area contributed by atoms with Crippen LogP contribution in [0.25, 0.3) is 0 Å². The Balaban J connectivity index is 1.97. The zero-order valence-electron chi connectivity index (χ0n) is 11.6. The molecule has 2 aromatic rings. The Morgan fingerprint density at radius 1 is 1.33 bits per heavy atom. The molecule has 0 radical (unpaired) electrons. The predicted octanol–water partition coefficient (Wildman–Crippen LogP) is 3.70. The first kappa shape index (κ1) is 14.8. The van der Waals surface area contributed by atoms with Crippen LogP contribution in [0.15, 0.2) is 50.4 Å². The van der Waals surface area contributed by atoms with Crippen molar-refractivity contribution in [2.75, 3.05) is 0 Å². The lowest BCUT2D eigenvalue weighted by atomic mass is 10.2. The highest BCUT2D eigenvalue weighted by molar-refractivity contribution is 9.10. The van der Waals surface area contributed by atoms with Gasteiger partial charge in [-0.25, -0.2) is 8.42 Å². The van der Waals surface area contributed by atoms with Gasteiger partial charge in [-0.15, -0.1) is 0 Å². The van der Waals surface area contributed by atoms with E-state index >= 15 is 0 Å². The number of nitrogens with zero attached hydrogens (tertiary/aromatic N) is 1. The van der Waals surface area contributed by atoms with E-state index in [2.05, 4.69) is 15.9 Å². The molecule has 0 atom stereocenters. The van der Waals surface area contributed by atoms with Crippen molar-refractivity contribution in [3.05, 3.63) is 52.4 Å². The highest BCUT2D eigenvalue weighted by Gasteiger charge is 2.39. The zero-order valence-corrected chi connectivity index (χ0v) is 14.0. The number of benzene rings is 1. The number of aryl methyl sites for hydroxylation is 1. The second-order valence-electron chi connectivity index (χ2n) is 5.29. The SMILES string of the molecule is Cc1ccc(S(=O)(=O)N(Cc2ccco2)C2CC2)c(Br)c1. The van der Waals surface area contributed by atoms with Gasteiger partial charge in [-0.3, -0.25) is 0 Å². The van der Waals surface area contributed by atoms with Gasteiger partial charge in [-0.2, -0.15) is 4.31 Å². The van der Waals surface area contributed by atoms with E-state index < -0.39 is 10.0 Å². The molecule has 1 aromatic carbocycles. The summed E-state index contributed by atoms with van der Waals surface area (Å²) in [7, 11) is -3.53. The lowest BCUT2D eigenvalue weighted by Gasteiger charge is -2.21. The molecule has 1 aliphatic rings. The molecule has 0 saturated heterocycles. The number of sulfonamides is 1. The molecule has 112 valence electrons. The van der Waals surface area contributed by atoms with Gasteiger partial charge in [0.05, 0.1) is 17.7 Å². The lowest BCUT2D eigenvalue weighted by molar-refractivity contribution is 0.356. The molecule has 6 heteroatoms. The molecule has 1 saturated carbocycles. The third kappa shape index (κ3) is 3.07. The van der Waals surface area contributed by atoms with Crippen molar-refractivity contribution in [1.29, 1.82) is 0 Å². The summed E-state index contributed by atoms with van der Waals surface area (Å²) >= 11 is 3.37. The second kappa shape index (κ2) is 5.59. The number of hydrogen-bond acceptors (Lipinski definition) is 3. The highest BCUT2D eigenvalue weighted by Crippen LogP contribution is 2.35. The molecular formula is C15H16BrNO3S. The molecule has 1 aromatic heterocycles. The fraction of sp³-hybridized carbons (Fsp3) is 0.333. The van der Waals surface area contributed by atoms with Gasteiger partial charge in [0.15, 0.2) is 0 Å². The Kier molecular flexibility index (Phi) is 3.94. The maximum absolute atomic E-state index is 12.9. The summed E-state index contributed by atoms with van der Waals surface area (Å²) < 4.78 is 33.3. The largest absolute Gasteiger partial charge is 0.468 e. The van der Waals surface area contributed by atoms with Gasteiger partial charge >= 0.3 is 0 Å². The third-order valence-electron chi connectivity index (χ3n) is 3.52. The average Bonchev–Trinajstić information content (AvgIpc) is 3.11. The van der Waals surface area contributed by atoms with Crippen LogP contribution >= 0.6 is 15.9 Å². The van der Waals surface area contributed by atoms with Crippen molar-refractivity contribution in [3.63, 3.8) is 0 Å². The Morgan fingerprint density at radius 2 is 2.10 bits per heavy atom. The number of rotatable bonds is 5. The lowest BCUT2D eigenvalue weighted by Crippen LogP contribution is -2.32. The quantitative estimate of drug-likeness (QED) is 0.806. The van der Waals surface area contributed by atoms with Gasteiger partial charge in [0.1, 0.15) is 5.76 Å². The summed E-state index contributed by atoms with van der Waals surface area (Å²) in [6.45, 7) is 2.21. The molecule has 4 nitrogen and oxygen atoms in total. The molecule has 0 spiro atoms. The minimum atomic E-state index is -3.53. The van der Waals surface area contributed by atoms with Crippen molar-refractivity contribution < 1.29 is 12.8 Å². The first-order valence-corrected chi connectivity index (χ1v) is 9.02. The van der Waals surface area contributed by atoms with Crippen molar-refractivity contribution in [1.82, 2.24) is 4.31 Å². The van der Waals surface area contributed by atoms with E-state index in [9.17, 15) is 8.42 Å². The number of halogens is 1. The van der Waals surface area contributed by atoms with Crippen LogP contribution in [0.5, 0.6) is 0 Å². The first-order valence-electron chi connectivity index (χ1n) is 6.79. The molecule has 3 rings (SSSR count). The van der Waals surface area contributed by atoms with Crippen LogP contribution < -0.4 is 0 Å². The van der Waals surface area contributed by atoms with Crippen molar-refractivity contribution in [2.45, 2.75) is 37.2 Å². The summed E-state index contributed by atoms with van der Waals surface area (Å²) in [5.74, 6) is 0.661. The topological polar surface area (TPSA) is 50.5 Å². The van der Waals surface area contributed by atoms with Crippen LogP contribution in [0.3, 0.4) is 0 Å². The standard InChI is InChI=1S/C15H16BrNO3S/c1-11-4-7-15(14(16)9-11)21(18,19)17(12-5-6-12)10-13-3-2-8-20-13/h2-4,7-9,12H,5-6,10H2,1H3. The molecule has 0 N–H and O–H groups in total. The van der Waals surface area contributed by atoms with Crippen LogP contribution in [0, 0.1) is 6.92 Å². The highest BCUT2D eigenvalue weighted by atomic mass is 79.9. The molecular weight excluding hydrogens is 354 g/mol. The van der Waals surface area contributed by atoms with Crippen molar-refractivity contribution >= 4 is 26.0 Å². The summed E-state index contributed by atoms with van der Waals surface area (Å²) in [5.41, 5.74) is 1.02. The van der Waals surface area contributed by atoms with Gasteiger partial charge in [0.2, 0.25) is 10.0 Å². The molecule has 1 fully saturated rings. The van der Waals surface area contributed by atoms with E-state index in [1.165, 1.54) is 0 Å². The Hall–Kier alpha value is -1.11. The molecule has 0 aliphatic heterocycles. The fourth-order valence-corrected chi connectivity index (χ4v) is 5.08. The minimum absolute atomic E-state index is 0.0771. The van der Waals surface area contributed by atoms with Crippen LogP contribution in [-0.4, -0.2) is 18.8 Å². The third-order valence-corrected chi connectivity index (χ3v) is 6.39. The molecule has 21 heavy (non-hydrogen) atoms. The predicted molar refractivity (Wildman–Crippen MR) is 83.3 cm³/mol. The monoisotopic (exact) mass is 369 g/mol. The Morgan fingerprint density at radius 3 is 2.67 bits per heavy atom. The molecule has 0 amide bonds. The van der Waals surface area contributed by atoms with Crippen LogP contribution in [0.2, 0.25) is 0 Å². The van der Waals surface area contributed by atoms with Gasteiger partial charge in [-0.1, -0.05) is 6.07 Å². The summed E-state index contributed by atoms with van der Waals surface area (Å²) in [6.07, 6.45) is 3.38. The van der Waals surface area contributed by atoms with E-state index in [4.69, 9.17) is 4.42 Å². The van der Waals surface area contributed by atoms with Crippen LogP contribution in [0.1, 0.15) is 24.2 Å². The summed E-state index contributed by atoms with van der Waals surface area (Å²) in [5, 5.41) is 0. The fourth-order valence-electron chi connectivity index (χ4n) is 2.27. The van der Waals surface area contributed by atoms with Crippen LogP contribution in [0.4, 0.5) is 0 Å². The number of hydrogen-bond donors (Lipinski definition) is 0. The van der Waals surface area contributed by atoms with E-state index in [1.54, 1.807) is 28.8 Å². The Labute approximate surface area is 132 Å². The van der Waals surface area contributed by atoms with E-state index in [1.807, 2.05) is 19.1 Å². The smallest absolute Gasteiger partial charge is 0.244 e. The summed E-state index contributed by atoms with van der Waals surface area (Å²) in [6, 6.07) is 8.95. The van der Waals surface area contributed by atoms with Crippen LogP contribution in [-0.2, 0) is 16.6 Å². The first-order chi connectivity index (χ1) is 9.98. The molecule has 1 aliphatic carbocycles. The van der Waals surface area contributed by atoms with Gasteiger partial charge in [-0.05, 0) is 65.5 Å². The van der Waals surface area contributed by atoms with Crippen molar-refractivity contribution in [2.24, 2.45) is 0 Å². The van der Waals surface area contributed by atoms with E-state index in [0.717, 1.165) is 18.4 Å². The Bertz CT molecular complexity index is 736. The normalized spacial score (nSPS) is 15.6. The maximum atomic E-state index is 12.9.